The highest BCUT2D eigenvalue weighted by molar-refractivity contribution is 14.1. The Morgan fingerprint density at radius 1 is 0.950 bits per heavy atom. The maximum Gasteiger partial charge on any atom is 0.335 e. The molecule has 0 unspecified atom stereocenters. The van der Waals surface area contributed by atoms with Crippen molar-refractivity contribution in [3.05, 3.63) is 57.2 Å². The van der Waals surface area contributed by atoms with Gasteiger partial charge in [0.05, 0.1) is 14.7 Å². The van der Waals surface area contributed by atoms with Gasteiger partial charge >= 0.3 is 11.9 Å². The van der Waals surface area contributed by atoms with Crippen LogP contribution in [0.15, 0.2) is 42.5 Å². The Labute approximate surface area is 128 Å². The summed E-state index contributed by atoms with van der Waals surface area (Å²) >= 11 is 2.07. The molecule has 0 saturated carbocycles. The summed E-state index contributed by atoms with van der Waals surface area (Å²) in [6, 6.07) is 10.8. The molecule has 102 valence electrons. The van der Waals surface area contributed by atoms with Crippen LogP contribution in [-0.4, -0.2) is 22.2 Å². The van der Waals surface area contributed by atoms with Crippen molar-refractivity contribution in [2.75, 3.05) is 0 Å². The highest BCUT2D eigenvalue weighted by Crippen LogP contribution is 2.28. The normalized spacial score (nSPS) is 10.1. The van der Waals surface area contributed by atoms with E-state index in [0.717, 1.165) is 9.64 Å². The Morgan fingerprint density at radius 2 is 1.50 bits per heavy atom. The lowest BCUT2D eigenvalue weighted by molar-refractivity contribution is 0.0696. The number of para-hydroxylation sites is 1. The quantitative estimate of drug-likeness (QED) is 0.789. The summed E-state index contributed by atoms with van der Waals surface area (Å²) in [6.45, 7) is 0. The van der Waals surface area contributed by atoms with Gasteiger partial charge in [0.15, 0.2) is 0 Å². The van der Waals surface area contributed by atoms with E-state index >= 15 is 0 Å². The first kappa shape index (κ1) is 14.3. The minimum Gasteiger partial charge on any atom is -0.478 e. The number of carbonyl (C=O) groups is 2. The van der Waals surface area contributed by atoms with E-state index in [-0.39, 0.29) is 16.9 Å². The number of halogens is 1. The zero-order valence-electron chi connectivity index (χ0n) is 10.0. The smallest absolute Gasteiger partial charge is 0.335 e. The van der Waals surface area contributed by atoms with Gasteiger partial charge in [-0.15, -0.1) is 0 Å². The van der Waals surface area contributed by atoms with Crippen LogP contribution in [0.3, 0.4) is 0 Å². The van der Waals surface area contributed by atoms with Crippen LogP contribution in [0.25, 0.3) is 0 Å². The minimum absolute atomic E-state index is 0.133. The van der Waals surface area contributed by atoms with Crippen LogP contribution in [-0.2, 0) is 0 Å². The lowest BCUT2D eigenvalue weighted by Crippen LogP contribution is -2.03. The van der Waals surface area contributed by atoms with Crippen LogP contribution < -0.4 is 4.74 Å². The second kappa shape index (κ2) is 5.91. The average molecular weight is 384 g/mol. The predicted octanol–water partition coefficient (Wildman–Crippen LogP) is 3.48. The fraction of sp³-hybridized carbons (Fsp3) is 0. The zero-order chi connectivity index (χ0) is 14.7. The van der Waals surface area contributed by atoms with Crippen LogP contribution in [0.5, 0.6) is 11.5 Å². The number of rotatable bonds is 4. The van der Waals surface area contributed by atoms with Crippen molar-refractivity contribution >= 4 is 34.5 Å². The number of carboxylic acids is 2. The van der Waals surface area contributed by atoms with Crippen LogP contribution >= 0.6 is 22.6 Å². The van der Waals surface area contributed by atoms with Crippen molar-refractivity contribution in [1.82, 2.24) is 0 Å². The third-order valence-electron chi connectivity index (χ3n) is 2.46. The molecule has 2 N–H and O–H groups in total. The Bertz CT molecular complexity index is 649. The molecule has 0 aliphatic rings. The average Bonchev–Trinajstić information content (AvgIpc) is 2.41. The highest BCUT2D eigenvalue weighted by Gasteiger charge is 2.13. The first-order valence-electron chi connectivity index (χ1n) is 5.51. The Morgan fingerprint density at radius 3 is 2.00 bits per heavy atom. The lowest BCUT2D eigenvalue weighted by atomic mass is 10.1. The Hall–Kier alpha value is -2.09. The molecule has 0 saturated heterocycles. The second-order valence-electron chi connectivity index (χ2n) is 3.89. The van der Waals surface area contributed by atoms with Gasteiger partial charge in [-0.25, -0.2) is 9.59 Å². The van der Waals surface area contributed by atoms with E-state index in [9.17, 15) is 9.59 Å². The molecule has 5 nitrogen and oxygen atoms in total. The molecule has 0 heterocycles. The van der Waals surface area contributed by atoms with Crippen molar-refractivity contribution in [2.45, 2.75) is 0 Å². The topological polar surface area (TPSA) is 83.8 Å². The summed E-state index contributed by atoms with van der Waals surface area (Å²) in [5, 5.41) is 18.0. The lowest BCUT2D eigenvalue weighted by Gasteiger charge is -2.09. The van der Waals surface area contributed by atoms with Gasteiger partial charge in [0.2, 0.25) is 0 Å². The minimum atomic E-state index is -1.21. The molecule has 0 aliphatic carbocycles. The van der Waals surface area contributed by atoms with Crippen LogP contribution in [0.1, 0.15) is 20.7 Å². The molecule has 0 spiro atoms. The van der Waals surface area contributed by atoms with Crippen molar-refractivity contribution < 1.29 is 24.5 Å². The van der Waals surface area contributed by atoms with Gasteiger partial charge in [0, 0.05) is 0 Å². The Kier molecular flexibility index (Phi) is 4.23. The largest absolute Gasteiger partial charge is 0.478 e. The van der Waals surface area contributed by atoms with Crippen LogP contribution in [0.4, 0.5) is 0 Å². The van der Waals surface area contributed by atoms with Crippen molar-refractivity contribution in [3.8, 4) is 11.5 Å². The molecule has 0 radical (unpaired) electrons. The van der Waals surface area contributed by atoms with Gasteiger partial charge in [-0.2, -0.15) is 0 Å². The molecule has 0 aromatic heterocycles. The van der Waals surface area contributed by atoms with E-state index in [1.54, 1.807) is 12.1 Å². The van der Waals surface area contributed by atoms with Crippen molar-refractivity contribution in [3.63, 3.8) is 0 Å². The van der Waals surface area contributed by atoms with E-state index in [4.69, 9.17) is 14.9 Å². The van der Waals surface area contributed by atoms with Gasteiger partial charge in [-0.3, -0.25) is 0 Å². The summed E-state index contributed by atoms with van der Waals surface area (Å²) in [4.78, 5) is 22.0. The van der Waals surface area contributed by atoms with E-state index in [1.807, 2.05) is 12.1 Å². The molecule has 20 heavy (non-hydrogen) atoms. The fourth-order valence-electron chi connectivity index (χ4n) is 1.56. The molecule has 0 aliphatic heterocycles. The number of hydrogen-bond donors (Lipinski definition) is 2. The van der Waals surface area contributed by atoms with E-state index < -0.39 is 11.9 Å². The number of aromatic carboxylic acids is 2. The molecule has 2 aromatic carbocycles. The highest BCUT2D eigenvalue weighted by atomic mass is 127. The van der Waals surface area contributed by atoms with E-state index in [0.29, 0.717) is 5.75 Å². The van der Waals surface area contributed by atoms with Gasteiger partial charge < -0.3 is 14.9 Å². The molecular formula is C14H9IO5. The summed E-state index contributed by atoms with van der Waals surface area (Å²) < 4.78 is 6.39. The molecule has 2 rings (SSSR count). The molecule has 0 fully saturated rings. The summed E-state index contributed by atoms with van der Waals surface area (Å²) in [5.41, 5.74) is -0.267. The number of hydrogen-bond acceptors (Lipinski definition) is 3. The number of carboxylic acid groups (broad SMARTS) is 2. The first-order valence-corrected chi connectivity index (χ1v) is 6.59. The fourth-order valence-corrected chi connectivity index (χ4v) is 2.06. The summed E-state index contributed by atoms with van der Waals surface area (Å²) in [6.07, 6.45) is 0. The standard InChI is InChI=1S/C14H9IO5/c15-11-3-1-2-4-12(11)20-10-6-8(13(16)17)5-9(7-10)14(18)19/h1-7H,(H,16,17)(H,18,19). The maximum atomic E-state index is 11.0. The summed E-state index contributed by atoms with van der Waals surface area (Å²) in [7, 11) is 0. The maximum absolute atomic E-state index is 11.0. The molecule has 0 bridgehead atoms. The molecule has 0 amide bonds. The van der Waals surface area contributed by atoms with Gasteiger partial charge in [0.1, 0.15) is 11.5 Å². The third kappa shape index (κ3) is 3.27. The van der Waals surface area contributed by atoms with E-state index in [2.05, 4.69) is 22.6 Å². The molecule has 0 atom stereocenters. The molecule has 6 heteroatoms. The number of benzene rings is 2. The number of ether oxygens (including phenoxy) is 1. The monoisotopic (exact) mass is 384 g/mol. The van der Waals surface area contributed by atoms with Crippen molar-refractivity contribution in [2.24, 2.45) is 0 Å². The van der Waals surface area contributed by atoms with E-state index in [1.165, 1.54) is 12.1 Å². The van der Waals surface area contributed by atoms with Crippen molar-refractivity contribution in [1.29, 1.82) is 0 Å². The first-order chi connectivity index (χ1) is 9.47. The predicted molar refractivity (Wildman–Crippen MR) is 79.6 cm³/mol. The molecular weight excluding hydrogens is 375 g/mol. The second-order valence-corrected chi connectivity index (χ2v) is 5.05. The van der Waals surface area contributed by atoms with Crippen LogP contribution in [0.2, 0.25) is 0 Å². The SMILES string of the molecule is O=C(O)c1cc(Oc2ccccc2I)cc(C(=O)O)c1. The Balaban J connectivity index is 2.43. The van der Waals surface area contributed by atoms with Gasteiger partial charge in [-0.1, -0.05) is 12.1 Å². The van der Waals surface area contributed by atoms with Crippen LogP contribution in [0, 0.1) is 3.57 Å². The van der Waals surface area contributed by atoms with Gasteiger partial charge in [-0.05, 0) is 52.9 Å². The third-order valence-corrected chi connectivity index (χ3v) is 3.36. The zero-order valence-corrected chi connectivity index (χ0v) is 12.2. The van der Waals surface area contributed by atoms with Gasteiger partial charge in [0.25, 0.3) is 0 Å². The molecule has 2 aromatic rings. The summed E-state index contributed by atoms with van der Waals surface area (Å²) in [5.74, 6) is -1.71.